The smallest absolute Gasteiger partial charge is 0.229 e. The zero-order valence-electron chi connectivity index (χ0n) is 14.7. The number of amides is 1. The van der Waals surface area contributed by atoms with Crippen LogP contribution in [0.2, 0.25) is 5.15 Å². The van der Waals surface area contributed by atoms with Crippen LogP contribution in [0.1, 0.15) is 20.8 Å². The first-order valence-electron chi connectivity index (χ1n) is 8.07. The molecule has 0 aliphatic rings. The third-order valence-corrected chi connectivity index (χ3v) is 4.58. The third kappa shape index (κ3) is 4.59. The molecule has 26 heavy (non-hydrogen) atoms. The fraction of sp³-hybridized carbons (Fsp3) is 0.211. The number of benzene rings is 1. The first kappa shape index (κ1) is 18.4. The molecule has 1 aromatic carbocycles. The zero-order valence-corrected chi connectivity index (χ0v) is 16.3. The van der Waals surface area contributed by atoms with Crippen LogP contribution in [-0.2, 0) is 4.79 Å². The number of nitrogens with one attached hydrogen (secondary N) is 2. The van der Waals surface area contributed by atoms with Gasteiger partial charge in [-0.15, -0.1) is 11.3 Å². The van der Waals surface area contributed by atoms with Crippen LogP contribution in [-0.4, -0.2) is 15.9 Å². The van der Waals surface area contributed by atoms with E-state index in [1.807, 2.05) is 56.5 Å². The summed E-state index contributed by atoms with van der Waals surface area (Å²) in [4.78, 5) is 20.7. The van der Waals surface area contributed by atoms with Gasteiger partial charge in [0.05, 0.1) is 17.6 Å². The highest BCUT2D eigenvalue weighted by Gasteiger charge is 2.21. The Balaban J connectivity index is 1.69. The van der Waals surface area contributed by atoms with Gasteiger partial charge in [-0.25, -0.2) is 9.97 Å². The zero-order chi connectivity index (χ0) is 18.7. The van der Waals surface area contributed by atoms with Crippen LogP contribution in [0.15, 0.2) is 48.0 Å². The van der Waals surface area contributed by atoms with Crippen molar-refractivity contribution in [1.82, 2.24) is 9.97 Å². The summed E-state index contributed by atoms with van der Waals surface area (Å²) < 4.78 is 0. The summed E-state index contributed by atoms with van der Waals surface area (Å²) >= 11 is 7.30. The number of hydrogen-bond acceptors (Lipinski definition) is 5. The number of anilines is 3. The van der Waals surface area contributed by atoms with Gasteiger partial charge in [-0.2, -0.15) is 0 Å². The van der Waals surface area contributed by atoms with E-state index in [1.165, 1.54) is 11.3 Å². The van der Waals surface area contributed by atoms with Crippen molar-refractivity contribution >= 4 is 45.4 Å². The Bertz CT molecular complexity index is 899. The molecule has 3 aromatic rings. The molecule has 7 heteroatoms. The van der Waals surface area contributed by atoms with Crippen LogP contribution in [0.3, 0.4) is 0 Å². The Kier molecular flexibility index (Phi) is 5.25. The van der Waals surface area contributed by atoms with E-state index in [4.69, 9.17) is 11.6 Å². The minimum Gasteiger partial charge on any atom is -0.330 e. The highest BCUT2D eigenvalue weighted by molar-refractivity contribution is 7.14. The highest BCUT2D eigenvalue weighted by atomic mass is 35.5. The fourth-order valence-electron chi connectivity index (χ4n) is 2.08. The highest BCUT2D eigenvalue weighted by Crippen LogP contribution is 2.28. The van der Waals surface area contributed by atoms with Crippen molar-refractivity contribution in [3.63, 3.8) is 0 Å². The maximum atomic E-state index is 12.0. The summed E-state index contributed by atoms with van der Waals surface area (Å²) in [6, 6.07) is 11.2. The summed E-state index contributed by atoms with van der Waals surface area (Å²) in [6.45, 7) is 5.66. The lowest BCUT2D eigenvalue weighted by Crippen LogP contribution is -2.27. The molecule has 0 saturated carbocycles. The van der Waals surface area contributed by atoms with Crippen LogP contribution in [0.25, 0.3) is 11.3 Å². The number of pyridine rings is 1. The monoisotopic (exact) mass is 386 g/mol. The lowest BCUT2D eigenvalue weighted by Gasteiger charge is -2.17. The molecule has 0 radical (unpaired) electrons. The second-order valence-corrected chi connectivity index (χ2v) is 8.06. The molecular formula is C19H19ClN4OS. The normalized spacial score (nSPS) is 11.2. The Hall–Kier alpha value is -2.44. The molecule has 0 saturated heterocycles. The Morgan fingerprint density at radius 3 is 2.38 bits per heavy atom. The fourth-order valence-corrected chi connectivity index (χ4v) is 2.93. The van der Waals surface area contributed by atoms with Gasteiger partial charge in [-0.05, 0) is 24.3 Å². The van der Waals surface area contributed by atoms with Gasteiger partial charge in [0.15, 0.2) is 5.13 Å². The summed E-state index contributed by atoms with van der Waals surface area (Å²) in [5.74, 6) is -0.0121. The van der Waals surface area contributed by atoms with Crippen LogP contribution < -0.4 is 10.6 Å². The molecule has 0 spiro atoms. The lowest BCUT2D eigenvalue weighted by atomic mass is 9.95. The van der Waals surface area contributed by atoms with E-state index in [0.29, 0.717) is 5.15 Å². The van der Waals surface area contributed by atoms with Crippen molar-refractivity contribution in [2.75, 3.05) is 10.6 Å². The standard InChI is InChI=1S/C19H19ClN4OS/c1-19(2,3)17(25)22-13-6-4-12(5-7-13)15-11-26-18(24-15)23-14-8-9-16(20)21-10-14/h4-11H,1-3H3,(H,22,25)(H,23,24). The number of carbonyl (C=O) groups excluding carboxylic acids is 1. The molecule has 2 N–H and O–H groups in total. The van der Waals surface area contributed by atoms with Crippen molar-refractivity contribution in [3.8, 4) is 11.3 Å². The molecule has 3 rings (SSSR count). The maximum Gasteiger partial charge on any atom is 0.229 e. The van der Waals surface area contributed by atoms with Gasteiger partial charge < -0.3 is 10.6 Å². The molecule has 2 aromatic heterocycles. The van der Waals surface area contributed by atoms with Gasteiger partial charge in [0, 0.05) is 22.0 Å². The van der Waals surface area contributed by atoms with Crippen molar-refractivity contribution in [3.05, 3.63) is 53.1 Å². The van der Waals surface area contributed by atoms with Gasteiger partial charge in [0.1, 0.15) is 5.15 Å². The van der Waals surface area contributed by atoms with E-state index >= 15 is 0 Å². The first-order chi connectivity index (χ1) is 12.3. The van der Waals surface area contributed by atoms with Crippen molar-refractivity contribution in [2.24, 2.45) is 5.41 Å². The number of hydrogen-bond donors (Lipinski definition) is 2. The molecular weight excluding hydrogens is 368 g/mol. The minimum absolute atomic E-state index is 0.0121. The van der Waals surface area contributed by atoms with E-state index < -0.39 is 5.41 Å². The summed E-state index contributed by atoms with van der Waals surface area (Å²) in [6.07, 6.45) is 1.66. The Morgan fingerprint density at radius 1 is 1.08 bits per heavy atom. The predicted octanol–water partition coefficient (Wildman–Crippen LogP) is 5.59. The van der Waals surface area contributed by atoms with Crippen molar-refractivity contribution in [1.29, 1.82) is 0 Å². The maximum absolute atomic E-state index is 12.0. The largest absolute Gasteiger partial charge is 0.330 e. The molecule has 0 aliphatic heterocycles. The number of carbonyl (C=O) groups is 1. The quantitative estimate of drug-likeness (QED) is 0.574. The third-order valence-electron chi connectivity index (χ3n) is 3.60. The first-order valence-corrected chi connectivity index (χ1v) is 9.33. The second-order valence-electron chi connectivity index (χ2n) is 6.81. The molecule has 2 heterocycles. The Labute approximate surface area is 161 Å². The molecule has 0 atom stereocenters. The lowest BCUT2D eigenvalue weighted by molar-refractivity contribution is -0.123. The number of aromatic nitrogens is 2. The number of halogens is 1. The SMILES string of the molecule is CC(C)(C)C(=O)Nc1ccc(-c2csc(Nc3ccc(Cl)nc3)n2)cc1. The van der Waals surface area contributed by atoms with Crippen LogP contribution in [0, 0.1) is 5.41 Å². The molecule has 5 nitrogen and oxygen atoms in total. The van der Waals surface area contributed by atoms with Crippen LogP contribution >= 0.6 is 22.9 Å². The van der Waals surface area contributed by atoms with E-state index in [1.54, 1.807) is 12.3 Å². The van der Waals surface area contributed by atoms with Gasteiger partial charge >= 0.3 is 0 Å². The minimum atomic E-state index is -0.426. The van der Waals surface area contributed by atoms with Crippen LogP contribution in [0.5, 0.6) is 0 Å². The summed E-state index contributed by atoms with van der Waals surface area (Å²) in [5, 5.41) is 9.33. The van der Waals surface area contributed by atoms with E-state index in [0.717, 1.165) is 27.8 Å². The number of thiazole rings is 1. The average molecular weight is 387 g/mol. The molecule has 0 unspecified atom stereocenters. The molecule has 0 fully saturated rings. The Morgan fingerprint density at radius 2 is 1.77 bits per heavy atom. The molecule has 0 aliphatic carbocycles. The van der Waals surface area contributed by atoms with Crippen LogP contribution in [0.4, 0.5) is 16.5 Å². The average Bonchev–Trinajstić information content (AvgIpc) is 3.05. The van der Waals surface area contributed by atoms with Gasteiger partial charge in [-0.1, -0.05) is 44.5 Å². The van der Waals surface area contributed by atoms with E-state index in [2.05, 4.69) is 20.6 Å². The van der Waals surface area contributed by atoms with Crippen molar-refractivity contribution in [2.45, 2.75) is 20.8 Å². The number of rotatable bonds is 4. The van der Waals surface area contributed by atoms with E-state index in [9.17, 15) is 4.79 Å². The number of nitrogens with zero attached hydrogens (tertiary/aromatic N) is 2. The van der Waals surface area contributed by atoms with Gasteiger partial charge in [-0.3, -0.25) is 4.79 Å². The summed E-state index contributed by atoms with van der Waals surface area (Å²) in [5.41, 5.74) is 3.03. The summed E-state index contributed by atoms with van der Waals surface area (Å²) in [7, 11) is 0. The van der Waals surface area contributed by atoms with Gasteiger partial charge in [0.25, 0.3) is 0 Å². The molecule has 0 bridgehead atoms. The second kappa shape index (κ2) is 7.43. The van der Waals surface area contributed by atoms with Crippen molar-refractivity contribution < 1.29 is 4.79 Å². The predicted molar refractivity (Wildman–Crippen MR) is 108 cm³/mol. The van der Waals surface area contributed by atoms with Gasteiger partial charge in [0.2, 0.25) is 5.91 Å². The molecule has 1 amide bonds. The van der Waals surface area contributed by atoms with E-state index in [-0.39, 0.29) is 5.91 Å². The topological polar surface area (TPSA) is 66.9 Å². The molecule has 134 valence electrons.